The van der Waals surface area contributed by atoms with Crippen LogP contribution in [0.3, 0.4) is 0 Å². The Kier molecular flexibility index (Phi) is 3.49. The highest BCUT2D eigenvalue weighted by atomic mass is 32.1. The maximum absolute atomic E-state index is 9.43. The Morgan fingerprint density at radius 1 is 1.25 bits per heavy atom. The van der Waals surface area contributed by atoms with Crippen molar-refractivity contribution in [1.29, 1.82) is 0 Å². The van der Waals surface area contributed by atoms with Crippen LogP contribution in [0.1, 0.15) is 5.69 Å². The molecule has 102 valence electrons. The van der Waals surface area contributed by atoms with Crippen LogP contribution in [0.25, 0.3) is 16.3 Å². The Morgan fingerprint density at radius 3 is 2.65 bits per heavy atom. The van der Waals surface area contributed by atoms with E-state index < -0.39 is 0 Å². The van der Waals surface area contributed by atoms with Crippen LogP contribution in [0.2, 0.25) is 0 Å². The monoisotopic (exact) mass is 287 g/mol. The van der Waals surface area contributed by atoms with E-state index in [1.165, 1.54) is 0 Å². The summed E-state index contributed by atoms with van der Waals surface area (Å²) < 4.78 is 6.88. The van der Waals surface area contributed by atoms with Crippen molar-refractivity contribution in [2.24, 2.45) is 0 Å². The quantitative estimate of drug-likeness (QED) is 0.801. The lowest BCUT2D eigenvalue weighted by Gasteiger charge is -2.07. The SMILES string of the molecule is COc1ccc(-n2nnc(CO)c2-c2cccs2)cc1. The molecule has 3 aromatic rings. The summed E-state index contributed by atoms with van der Waals surface area (Å²) in [7, 11) is 1.63. The standard InChI is InChI=1S/C14H13N3O2S/c1-19-11-6-4-10(5-7-11)17-14(12(9-18)15-16-17)13-3-2-8-20-13/h2-8,18H,9H2,1H3. The Hall–Kier alpha value is -2.18. The molecule has 1 N–H and O–H groups in total. The van der Waals surface area contributed by atoms with Crippen molar-refractivity contribution in [1.82, 2.24) is 15.0 Å². The highest BCUT2D eigenvalue weighted by Crippen LogP contribution is 2.29. The fourth-order valence-electron chi connectivity index (χ4n) is 1.98. The van der Waals surface area contributed by atoms with E-state index in [1.807, 2.05) is 41.8 Å². The van der Waals surface area contributed by atoms with E-state index in [0.717, 1.165) is 22.0 Å². The zero-order valence-corrected chi connectivity index (χ0v) is 11.7. The van der Waals surface area contributed by atoms with Crippen LogP contribution in [-0.2, 0) is 6.61 Å². The Bertz CT molecular complexity index is 690. The molecule has 2 aromatic heterocycles. The minimum absolute atomic E-state index is 0.136. The average molecular weight is 287 g/mol. The first-order valence-corrected chi connectivity index (χ1v) is 6.95. The minimum atomic E-state index is -0.136. The van der Waals surface area contributed by atoms with Crippen LogP contribution in [-0.4, -0.2) is 27.2 Å². The van der Waals surface area contributed by atoms with Gasteiger partial charge in [-0.25, -0.2) is 4.68 Å². The first-order chi connectivity index (χ1) is 9.83. The molecule has 0 aliphatic heterocycles. The molecule has 0 amide bonds. The third kappa shape index (κ3) is 2.19. The van der Waals surface area contributed by atoms with E-state index in [-0.39, 0.29) is 6.61 Å². The van der Waals surface area contributed by atoms with E-state index in [4.69, 9.17) is 4.74 Å². The normalized spacial score (nSPS) is 10.7. The molecule has 20 heavy (non-hydrogen) atoms. The zero-order chi connectivity index (χ0) is 13.9. The number of ether oxygens (including phenoxy) is 1. The second-order valence-electron chi connectivity index (χ2n) is 4.13. The molecule has 2 heterocycles. The van der Waals surface area contributed by atoms with E-state index in [2.05, 4.69) is 10.3 Å². The van der Waals surface area contributed by atoms with Crippen molar-refractivity contribution in [2.75, 3.05) is 7.11 Å². The van der Waals surface area contributed by atoms with Gasteiger partial charge in [0.1, 0.15) is 17.1 Å². The van der Waals surface area contributed by atoms with Crippen LogP contribution in [0, 0.1) is 0 Å². The Morgan fingerprint density at radius 2 is 2.05 bits per heavy atom. The first-order valence-electron chi connectivity index (χ1n) is 6.07. The molecule has 0 saturated carbocycles. The van der Waals surface area contributed by atoms with Crippen LogP contribution >= 0.6 is 11.3 Å². The van der Waals surface area contributed by atoms with Gasteiger partial charge in [-0.05, 0) is 35.7 Å². The van der Waals surface area contributed by atoms with Crippen molar-refractivity contribution >= 4 is 11.3 Å². The largest absolute Gasteiger partial charge is 0.497 e. The number of aliphatic hydroxyl groups is 1. The zero-order valence-electron chi connectivity index (χ0n) is 10.9. The molecule has 5 nitrogen and oxygen atoms in total. The highest BCUT2D eigenvalue weighted by Gasteiger charge is 2.16. The molecule has 0 spiro atoms. The summed E-state index contributed by atoms with van der Waals surface area (Å²) in [6.07, 6.45) is 0. The van der Waals surface area contributed by atoms with Gasteiger partial charge in [0.05, 0.1) is 24.3 Å². The molecule has 0 unspecified atom stereocenters. The fourth-order valence-corrected chi connectivity index (χ4v) is 2.76. The van der Waals surface area contributed by atoms with E-state index >= 15 is 0 Å². The summed E-state index contributed by atoms with van der Waals surface area (Å²) in [4.78, 5) is 1.02. The molecule has 3 rings (SSSR count). The van der Waals surface area contributed by atoms with Gasteiger partial charge >= 0.3 is 0 Å². The van der Waals surface area contributed by atoms with Crippen molar-refractivity contribution in [2.45, 2.75) is 6.61 Å². The summed E-state index contributed by atoms with van der Waals surface area (Å²) in [6.45, 7) is -0.136. The summed E-state index contributed by atoms with van der Waals surface area (Å²) in [5.74, 6) is 0.786. The number of thiophene rings is 1. The molecule has 0 fully saturated rings. The van der Waals surface area contributed by atoms with Gasteiger partial charge in [0.15, 0.2) is 0 Å². The van der Waals surface area contributed by atoms with Gasteiger partial charge in [0.25, 0.3) is 0 Å². The number of rotatable bonds is 4. The molecule has 0 saturated heterocycles. The molecule has 0 bridgehead atoms. The third-order valence-corrected chi connectivity index (χ3v) is 3.84. The average Bonchev–Trinajstić information content (AvgIpc) is 3.15. The third-order valence-electron chi connectivity index (χ3n) is 2.96. The lowest BCUT2D eigenvalue weighted by Crippen LogP contribution is -1.99. The predicted octanol–water partition coefficient (Wildman–Crippen LogP) is 2.50. The Balaban J connectivity index is 2.11. The number of aliphatic hydroxyl groups excluding tert-OH is 1. The van der Waals surface area contributed by atoms with E-state index in [9.17, 15) is 5.11 Å². The molecular weight excluding hydrogens is 274 g/mol. The van der Waals surface area contributed by atoms with Crippen LogP contribution in [0.15, 0.2) is 41.8 Å². The van der Waals surface area contributed by atoms with Gasteiger partial charge in [-0.15, -0.1) is 16.4 Å². The molecular formula is C14H13N3O2S. The van der Waals surface area contributed by atoms with Crippen LogP contribution in [0.5, 0.6) is 5.75 Å². The van der Waals surface area contributed by atoms with Crippen molar-refractivity contribution in [3.63, 3.8) is 0 Å². The summed E-state index contributed by atoms with van der Waals surface area (Å²) in [6, 6.07) is 11.5. The van der Waals surface area contributed by atoms with Gasteiger partial charge in [-0.1, -0.05) is 11.3 Å². The second kappa shape index (κ2) is 5.44. The number of benzene rings is 1. The number of aromatic nitrogens is 3. The summed E-state index contributed by atoms with van der Waals surface area (Å²) >= 11 is 1.59. The Labute approximate surface area is 120 Å². The molecule has 0 atom stereocenters. The van der Waals surface area contributed by atoms with Crippen molar-refractivity contribution in [3.8, 4) is 22.0 Å². The van der Waals surface area contributed by atoms with Gasteiger partial charge in [-0.2, -0.15) is 0 Å². The fraction of sp³-hybridized carbons (Fsp3) is 0.143. The summed E-state index contributed by atoms with van der Waals surface area (Å²) in [5.41, 5.74) is 2.28. The highest BCUT2D eigenvalue weighted by molar-refractivity contribution is 7.13. The van der Waals surface area contributed by atoms with Gasteiger partial charge in [0.2, 0.25) is 0 Å². The number of hydrogen-bond donors (Lipinski definition) is 1. The minimum Gasteiger partial charge on any atom is -0.497 e. The predicted molar refractivity (Wildman–Crippen MR) is 77.1 cm³/mol. The second-order valence-corrected chi connectivity index (χ2v) is 5.08. The molecule has 1 aromatic carbocycles. The lowest BCUT2D eigenvalue weighted by atomic mass is 10.2. The number of nitrogens with zero attached hydrogens (tertiary/aromatic N) is 3. The van der Waals surface area contributed by atoms with Gasteiger partial charge < -0.3 is 9.84 Å². The number of methoxy groups -OCH3 is 1. The molecule has 6 heteroatoms. The summed E-state index contributed by atoms with van der Waals surface area (Å²) in [5, 5.41) is 19.6. The maximum Gasteiger partial charge on any atom is 0.119 e. The van der Waals surface area contributed by atoms with E-state index in [0.29, 0.717) is 5.69 Å². The molecule has 0 radical (unpaired) electrons. The van der Waals surface area contributed by atoms with Crippen molar-refractivity contribution in [3.05, 3.63) is 47.5 Å². The lowest BCUT2D eigenvalue weighted by molar-refractivity contribution is 0.277. The molecule has 0 aliphatic rings. The number of hydrogen-bond acceptors (Lipinski definition) is 5. The maximum atomic E-state index is 9.43. The molecule has 0 aliphatic carbocycles. The first kappa shape index (κ1) is 12.8. The van der Waals surface area contributed by atoms with E-state index in [1.54, 1.807) is 23.1 Å². The van der Waals surface area contributed by atoms with Crippen LogP contribution in [0.4, 0.5) is 0 Å². The van der Waals surface area contributed by atoms with Gasteiger partial charge in [-0.3, -0.25) is 0 Å². The smallest absolute Gasteiger partial charge is 0.119 e. The van der Waals surface area contributed by atoms with Gasteiger partial charge in [0, 0.05) is 0 Å². The topological polar surface area (TPSA) is 60.2 Å². The van der Waals surface area contributed by atoms with Crippen LogP contribution < -0.4 is 4.74 Å². The van der Waals surface area contributed by atoms with Crippen molar-refractivity contribution < 1.29 is 9.84 Å².